The smallest absolute Gasteiger partial charge is 0.325 e. The number of nitrogens with one attached hydrogen (secondary N) is 5. The van der Waals surface area contributed by atoms with Gasteiger partial charge in [-0.05, 0) is 43.7 Å². The molecule has 11 heteroatoms. The van der Waals surface area contributed by atoms with E-state index in [0.717, 1.165) is 48.6 Å². The number of ether oxygens (including phenoxy) is 1. The van der Waals surface area contributed by atoms with Crippen molar-refractivity contribution in [2.45, 2.75) is 76.5 Å². The predicted octanol–water partition coefficient (Wildman–Crippen LogP) is 1.69. The summed E-state index contributed by atoms with van der Waals surface area (Å²) in [6.45, 7) is 0.922. The minimum Gasteiger partial charge on any atom is -0.461 e. The van der Waals surface area contributed by atoms with Crippen LogP contribution in [-0.4, -0.2) is 65.4 Å². The summed E-state index contributed by atoms with van der Waals surface area (Å²) in [5, 5.41) is 15.7. The molecule has 0 radical (unpaired) electrons. The number of Topliss-reactive ketones (excluding diaryl/α,β-unsaturated/α-hetero) is 1. The molecule has 1 aliphatic carbocycles. The first kappa shape index (κ1) is 28.5. The zero-order valence-electron chi connectivity index (χ0n) is 21.5. The van der Waals surface area contributed by atoms with Crippen molar-refractivity contribution in [1.82, 2.24) is 20.9 Å². The van der Waals surface area contributed by atoms with Gasteiger partial charge in [-0.2, -0.15) is 0 Å². The monoisotopic (exact) mass is 525 g/mol. The van der Waals surface area contributed by atoms with E-state index in [9.17, 15) is 24.0 Å². The molecule has 1 fully saturated rings. The van der Waals surface area contributed by atoms with Crippen LogP contribution in [0.2, 0.25) is 0 Å². The van der Waals surface area contributed by atoms with Gasteiger partial charge in [0.1, 0.15) is 24.7 Å². The topological polar surface area (TPSA) is 170 Å². The summed E-state index contributed by atoms with van der Waals surface area (Å²) in [5.41, 5.74) is 1.69. The number of hydrogen-bond acceptors (Lipinski definition) is 7. The van der Waals surface area contributed by atoms with Crippen molar-refractivity contribution < 1.29 is 28.7 Å². The lowest BCUT2D eigenvalue weighted by Crippen LogP contribution is -2.54. The highest BCUT2D eigenvalue weighted by Gasteiger charge is 2.28. The second-order valence-corrected chi connectivity index (χ2v) is 9.49. The third kappa shape index (κ3) is 8.53. The number of para-hydroxylation sites is 1. The molecule has 1 heterocycles. The number of carbonyl (C=O) groups excluding carboxylic acids is 5. The number of aromatic amines is 1. The molecule has 1 saturated carbocycles. The van der Waals surface area contributed by atoms with Crippen LogP contribution in [-0.2, 0) is 35.1 Å². The molecule has 11 nitrogen and oxygen atoms in total. The molecule has 0 saturated heterocycles. The Labute approximate surface area is 221 Å². The lowest BCUT2D eigenvalue weighted by atomic mass is 9.98. The largest absolute Gasteiger partial charge is 0.461 e. The van der Waals surface area contributed by atoms with E-state index in [2.05, 4.69) is 20.9 Å². The van der Waals surface area contributed by atoms with Crippen molar-refractivity contribution in [3.8, 4) is 0 Å². The van der Waals surface area contributed by atoms with Gasteiger partial charge < -0.3 is 31.1 Å². The molecule has 3 amide bonds. The molecule has 1 aromatic carbocycles. The van der Waals surface area contributed by atoms with Crippen molar-refractivity contribution in [2.75, 3.05) is 6.54 Å². The highest BCUT2D eigenvalue weighted by Crippen LogP contribution is 2.21. The van der Waals surface area contributed by atoms with Crippen molar-refractivity contribution in [3.63, 3.8) is 0 Å². The highest BCUT2D eigenvalue weighted by molar-refractivity contribution is 6.26. The molecule has 0 spiro atoms. The number of rotatable bonds is 13. The number of amides is 3. The first-order chi connectivity index (χ1) is 18.3. The van der Waals surface area contributed by atoms with E-state index in [4.69, 9.17) is 10.1 Å². The number of fused-ring (bicyclic) bond motifs is 1. The van der Waals surface area contributed by atoms with Gasteiger partial charge in [0, 0.05) is 36.9 Å². The standard InChI is InChI=1S/C27H35N5O6/c1-17(33)31-24(13-18-15-29-22-10-6-5-9-21(18)22)27(37)32-23(12-11-19(34)14-28)26(36)30-16-25(35)38-20-7-3-2-4-8-20/h5-6,9-10,14-15,20,23-24,28-29H,2-4,7-8,11-13,16H2,1H3,(H,30,36)(H,31,33)(H,32,37)/t23-,24-/m0/s1. The molecule has 1 aliphatic rings. The van der Waals surface area contributed by atoms with Gasteiger partial charge in [-0.3, -0.25) is 24.0 Å². The zero-order chi connectivity index (χ0) is 27.5. The van der Waals surface area contributed by atoms with Crippen LogP contribution in [0, 0.1) is 5.41 Å². The number of esters is 1. The third-order valence-corrected chi connectivity index (χ3v) is 6.52. The van der Waals surface area contributed by atoms with E-state index in [1.54, 1.807) is 6.20 Å². The molecule has 5 N–H and O–H groups in total. The molecule has 0 unspecified atom stereocenters. The van der Waals surface area contributed by atoms with Crippen LogP contribution in [0.1, 0.15) is 57.4 Å². The van der Waals surface area contributed by atoms with Crippen molar-refractivity contribution >= 4 is 46.6 Å². The van der Waals surface area contributed by atoms with E-state index in [-0.39, 0.29) is 31.9 Å². The fraction of sp³-hybridized carbons (Fsp3) is 0.481. The summed E-state index contributed by atoms with van der Waals surface area (Å²) in [6, 6.07) is 5.39. The van der Waals surface area contributed by atoms with Crippen LogP contribution in [0.4, 0.5) is 0 Å². The normalized spacial score (nSPS) is 15.2. The summed E-state index contributed by atoms with van der Waals surface area (Å²) in [5.74, 6) is -2.77. The number of H-pyrrole nitrogens is 1. The minimum absolute atomic E-state index is 0.0800. The highest BCUT2D eigenvalue weighted by atomic mass is 16.5. The van der Waals surface area contributed by atoms with Crippen LogP contribution >= 0.6 is 0 Å². The van der Waals surface area contributed by atoms with Crippen molar-refractivity contribution in [1.29, 1.82) is 5.41 Å². The van der Waals surface area contributed by atoms with Gasteiger partial charge in [-0.1, -0.05) is 24.6 Å². The summed E-state index contributed by atoms with van der Waals surface area (Å²) < 4.78 is 5.42. The molecular formula is C27H35N5O6. The predicted molar refractivity (Wildman–Crippen MR) is 141 cm³/mol. The number of hydrogen-bond donors (Lipinski definition) is 5. The SMILES string of the molecule is CC(=O)N[C@@H](Cc1c[nH]c2ccccc12)C(=O)N[C@@H](CCC(=O)C=N)C(=O)NCC(=O)OC1CCCCC1. The molecule has 204 valence electrons. The van der Waals surface area contributed by atoms with Gasteiger partial charge in [0.2, 0.25) is 17.7 Å². The van der Waals surface area contributed by atoms with Gasteiger partial charge in [0.25, 0.3) is 0 Å². The van der Waals surface area contributed by atoms with E-state index in [0.29, 0.717) is 6.21 Å². The average Bonchev–Trinajstić information content (AvgIpc) is 3.32. The Hall–Kier alpha value is -4.02. The summed E-state index contributed by atoms with van der Waals surface area (Å²) in [6.07, 6.45) is 6.88. The van der Waals surface area contributed by atoms with Crippen LogP contribution in [0.3, 0.4) is 0 Å². The van der Waals surface area contributed by atoms with Crippen molar-refractivity contribution in [2.24, 2.45) is 0 Å². The number of carbonyl (C=O) groups is 5. The first-order valence-corrected chi connectivity index (χ1v) is 12.9. The van der Waals surface area contributed by atoms with E-state index < -0.39 is 41.6 Å². The van der Waals surface area contributed by atoms with Gasteiger partial charge in [0.15, 0.2) is 5.78 Å². The Balaban J connectivity index is 1.66. The maximum atomic E-state index is 13.2. The van der Waals surface area contributed by atoms with Crippen LogP contribution in [0.5, 0.6) is 0 Å². The number of ketones is 1. The van der Waals surface area contributed by atoms with Gasteiger partial charge in [-0.25, -0.2) is 0 Å². The summed E-state index contributed by atoms with van der Waals surface area (Å²) in [7, 11) is 0. The number of aromatic nitrogens is 1. The first-order valence-electron chi connectivity index (χ1n) is 12.9. The van der Waals surface area contributed by atoms with Crippen LogP contribution < -0.4 is 16.0 Å². The van der Waals surface area contributed by atoms with Gasteiger partial charge in [0.05, 0.1) is 6.21 Å². The van der Waals surface area contributed by atoms with E-state index in [1.807, 2.05) is 24.3 Å². The Morgan fingerprint density at radius 1 is 1.05 bits per heavy atom. The second-order valence-electron chi connectivity index (χ2n) is 9.49. The molecule has 38 heavy (non-hydrogen) atoms. The summed E-state index contributed by atoms with van der Waals surface area (Å²) >= 11 is 0. The molecular weight excluding hydrogens is 490 g/mol. The molecule has 1 aromatic heterocycles. The summed E-state index contributed by atoms with van der Waals surface area (Å²) in [4.78, 5) is 65.1. The quantitative estimate of drug-likeness (QED) is 0.197. The maximum absolute atomic E-state index is 13.2. The average molecular weight is 526 g/mol. The molecule has 2 atom stereocenters. The number of benzene rings is 1. The fourth-order valence-electron chi connectivity index (χ4n) is 4.57. The molecule has 3 rings (SSSR count). The Kier molecular flexibility index (Phi) is 10.6. The molecule has 0 bridgehead atoms. The van der Waals surface area contributed by atoms with Crippen LogP contribution in [0.25, 0.3) is 10.9 Å². The zero-order valence-corrected chi connectivity index (χ0v) is 21.5. The maximum Gasteiger partial charge on any atom is 0.325 e. The minimum atomic E-state index is -1.16. The Bertz CT molecular complexity index is 1170. The second kappa shape index (κ2) is 14.1. The van der Waals surface area contributed by atoms with Crippen molar-refractivity contribution in [3.05, 3.63) is 36.0 Å². The van der Waals surface area contributed by atoms with Gasteiger partial charge >= 0.3 is 5.97 Å². The third-order valence-electron chi connectivity index (χ3n) is 6.52. The van der Waals surface area contributed by atoms with E-state index in [1.165, 1.54) is 6.92 Å². The molecule has 0 aliphatic heterocycles. The lowest BCUT2D eigenvalue weighted by Gasteiger charge is -2.23. The Morgan fingerprint density at radius 2 is 1.79 bits per heavy atom. The van der Waals surface area contributed by atoms with Gasteiger partial charge in [-0.15, -0.1) is 0 Å². The van der Waals surface area contributed by atoms with E-state index >= 15 is 0 Å². The molecule has 2 aromatic rings. The van der Waals surface area contributed by atoms with Crippen LogP contribution in [0.15, 0.2) is 30.5 Å². The lowest BCUT2D eigenvalue weighted by molar-refractivity contribution is -0.150. The fourth-order valence-corrected chi connectivity index (χ4v) is 4.57. The Morgan fingerprint density at radius 3 is 2.50 bits per heavy atom.